The van der Waals surface area contributed by atoms with Crippen LogP contribution in [0.4, 0.5) is 5.82 Å². The van der Waals surface area contributed by atoms with Crippen molar-refractivity contribution in [2.75, 3.05) is 11.9 Å². The van der Waals surface area contributed by atoms with E-state index in [0.717, 1.165) is 22.6 Å². The van der Waals surface area contributed by atoms with Gasteiger partial charge in [0.15, 0.2) is 0 Å². The van der Waals surface area contributed by atoms with Crippen molar-refractivity contribution in [2.45, 2.75) is 43.7 Å². The van der Waals surface area contributed by atoms with Gasteiger partial charge in [0.2, 0.25) is 0 Å². The summed E-state index contributed by atoms with van der Waals surface area (Å²) in [5, 5.41) is 10.6. The van der Waals surface area contributed by atoms with Gasteiger partial charge in [-0.3, -0.25) is 0 Å². The fourth-order valence-corrected chi connectivity index (χ4v) is 4.10. The molecule has 2 aromatic heterocycles. The summed E-state index contributed by atoms with van der Waals surface area (Å²) < 4.78 is 0. The average molecular weight is 274 g/mol. The second kappa shape index (κ2) is 4.42. The van der Waals surface area contributed by atoms with Gasteiger partial charge in [-0.2, -0.15) is 0 Å². The first-order chi connectivity index (χ1) is 9.35. The third-order valence-electron chi connectivity index (χ3n) is 4.54. The molecule has 4 nitrogen and oxygen atoms in total. The fourth-order valence-electron chi connectivity index (χ4n) is 3.36. The molecular formula is C14H18N4S. The Bertz CT molecular complexity index is 590. The minimum atomic E-state index is 0.427. The van der Waals surface area contributed by atoms with Crippen molar-refractivity contribution < 1.29 is 0 Å². The van der Waals surface area contributed by atoms with Gasteiger partial charge in [0.25, 0.3) is 0 Å². The van der Waals surface area contributed by atoms with E-state index in [1.54, 1.807) is 17.7 Å². The van der Waals surface area contributed by atoms with Gasteiger partial charge >= 0.3 is 0 Å². The van der Waals surface area contributed by atoms with Crippen molar-refractivity contribution in [3.63, 3.8) is 0 Å². The van der Waals surface area contributed by atoms with Crippen molar-refractivity contribution in [3.05, 3.63) is 17.8 Å². The van der Waals surface area contributed by atoms with Crippen LogP contribution in [0.3, 0.4) is 0 Å². The lowest BCUT2D eigenvalue weighted by Gasteiger charge is -2.48. The Kier molecular flexibility index (Phi) is 2.70. The zero-order valence-electron chi connectivity index (χ0n) is 10.9. The first kappa shape index (κ1) is 11.6. The number of anilines is 1. The minimum Gasteiger partial charge on any atom is -0.367 e. The predicted molar refractivity (Wildman–Crippen MR) is 78.6 cm³/mol. The van der Waals surface area contributed by atoms with Gasteiger partial charge in [-0.05, 0) is 50.1 Å². The second-order valence-electron chi connectivity index (χ2n) is 5.76. The highest BCUT2D eigenvalue weighted by Crippen LogP contribution is 2.39. The molecule has 100 valence electrons. The Morgan fingerprint density at radius 1 is 1.37 bits per heavy atom. The third-order valence-corrected chi connectivity index (χ3v) is 5.36. The number of aromatic nitrogens is 2. The van der Waals surface area contributed by atoms with Crippen LogP contribution in [-0.4, -0.2) is 28.1 Å². The van der Waals surface area contributed by atoms with Crippen molar-refractivity contribution >= 4 is 27.4 Å². The molecule has 1 unspecified atom stereocenters. The van der Waals surface area contributed by atoms with Crippen LogP contribution in [0.25, 0.3) is 10.2 Å². The largest absolute Gasteiger partial charge is 0.367 e. The summed E-state index contributed by atoms with van der Waals surface area (Å²) in [6.07, 6.45) is 8.12. The molecule has 0 radical (unpaired) electrons. The summed E-state index contributed by atoms with van der Waals surface area (Å²) in [5.41, 5.74) is 0.427. The molecule has 1 saturated carbocycles. The molecule has 0 bridgehead atoms. The first-order valence-electron chi connectivity index (χ1n) is 7.04. The molecule has 4 rings (SSSR count). The number of thiophene rings is 1. The lowest BCUT2D eigenvalue weighted by Crippen LogP contribution is -2.58. The van der Waals surface area contributed by atoms with Crippen LogP contribution in [0.5, 0.6) is 0 Å². The molecule has 19 heavy (non-hydrogen) atoms. The minimum absolute atomic E-state index is 0.427. The Labute approximate surface area is 116 Å². The highest BCUT2D eigenvalue weighted by molar-refractivity contribution is 7.16. The average Bonchev–Trinajstić information content (AvgIpc) is 2.87. The molecule has 2 fully saturated rings. The lowest BCUT2D eigenvalue weighted by atomic mass is 9.70. The van der Waals surface area contributed by atoms with E-state index in [-0.39, 0.29) is 0 Å². The number of hydrogen-bond donors (Lipinski definition) is 2. The molecular weight excluding hydrogens is 256 g/mol. The van der Waals surface area contributed by atoms with Crippen LogP contribution in [0.15, 0.2) is 17.8 Å². The maximum Gasteiger partial charge on any atom is 0.138 e. The van der Waals surface area contributed by atoms with Gasteiger partial charge in [0, 0.05) is 11.6 Å². The van der Waals surface area contributed by atoms with Crippen LogP contribution in [0.1, 0.15) is 32.1 Å². The topological polar surface area (TPSA) is 49.8 Å². The highest BCUT2D eigenvalue weighted by atomic mass is 32.1. The number of rotatable bonds is 2. The third kappa shape index (κ3) is 2.01. The molecule has 0 aromatic carbocycles. The molecule has 1 aliphatic carbocycles. The monoisotopic (exact) mass is 274 g/mol. The standard InChI is InChI=1S/C14H18N4S/c1-4-14(5-1)8-10(2-6-17-14)18-12-11-3-7-19-13(11)16-9-15-12/h3,7,9-10,17H,1-2,4-6,8H2,(H,15,16,18). The Morgan fingerprint density at radius 3 is 3.16 bits per heavy atom. The van der Waals surface area contributed by atoms with Crippen molar-refractivity contribution in [1.82, 2.24) is 15.3 Å². The van der Waals surface area contributed by atoms with Crippen LogP contribution in [0, 0.1) is 0 Å². The Balaban J connectivity index is 1.56. The highest BCUT2D eigenvalue weighted by Gasteiger charge is 2.40. The fraction of sp³-hybridized carbons (Fsp3) is 0.571. The summed E-state index contributed by atoms with van der Waals surface area (Å²) in [7, 11) is 0. The van der Waals surface area contributed by atoms with E-state index >= 15 is 0 Å². The van der Waals surface area contributed by atoms with Gasteiger partial charge in [-0.25, -0.2) is 9.97 Å². The van der Waals surface area contributed by atoms with Crippen molar-refractivity contribution in [2.24, 2.45) is 0 Å². The summed E-state index contributed by atoms with van der Waals surface area (Å²) in [6, 6.07) is 2.65. The van der Waals surface area contributed by atoms with E-state index in [1.165, 1.54) is 32.1 Å². The predicted octanol–water partition coefficient (Wildman–Crippen LogP) is 2.78. The van der Waals surface area contributed by atoms with Crippen molar-refractivity contribution in [3.8, 4) is 0 Å². The van der Waals surface area contributed by atoms with Gasteiger partial charge < -0.3 is 10.6 Å². The van der Waals surface area contributed by atoms with Crippen LogP contribution in [0.2, 0.25) is 0 Å². The second-order valence-corrected chi connectivity index (χ2v) is 6.65. The molecule has 1 spiro atoms. The van der Waals surface area contributed by atoms with Gasteiger partial charge in [-0.1, -0.05) is 0 Å². The summed E-state index contributed by atoms with van der Waals surface area (Å²) in [4.78, 5) is 9.81. The summed E-state index contributed by atoms with van der Waals surface area (Å²) in [5.74, 6) is 1.01. The number of nitrogens with one attached hydrogen (secondary N) is 2. The quantitative estimate of drug-likeness (QED) is 0.884. The summed E-state index contributed by atoms with van der Waals surface area (Å²) >= 11 is 1.68. The molecule has 1 atom stereocenters. The van der Waals surface area contributed by atoms with Gasteiger partial charge in [0.05, 0.1) is 5.39 Å². The SMILES string of the molecule is c1nc(NC2CCNC3(CCC3)C2)c2ccsc2n1. The molecule has 2 aliphatic rings. The number of fused-ring (bicyclic) bond motifs is 1. The van der Waals surface area contributed by atoms with Gasteiger partial charge in [0.1, 0.15) is 17.0 Å². The maximum absolute atomic E-state index is 4.43. The number of hydrogen-bond acceptors (Lipinski definition) is 5. The Morgan fingerprint density at radius 2 is 2.32 bits per heavy atom. The molecule has 5 heteroatoms. The number of nitrogens with zero attached hydrogens (tertiary/aromatic N) is 2. The molecule has 1 aliphatic heterocycles. The molecule has 0 amide bonds. The molecule has 2 aromatic rings. The smallest absolute Gasteiger partial charge is 0.138 e. The zero-order valence-corrected chi connectivity index (χ0v) is 11.7. The van der Waals surface area contributed by atoms with E-state index in [0.29, 0.717) is 11.6 Å². The number of piperidine rings is 1. The molecule has 1 saturated heterocycles. The van der Waals surface area contributed by atoms with Crippen LogP contribution >= 0.6 is 11.3 Å². The van der Waals surface area contributed by atoms with E-state index in [2.05, 4.69) is 32.0 Å². The van der Waals surface area contributed by atoms with E-state index in [9.17, 15) is 0 Å². The zero-order chi connectivity index (χ0) is 12.7. The first-order valence-corrected chi connectivity index (χ1v) is 7.92. The van der Waals surface area contributed by atoms with Crippen LogP contribution < -0.4 is 10.6 Å². The molecule has 3 heterocycles. The van der Waals surface area contributed by atoms with Gasteiger partial charge in [-0.15, -0.1) is 11.3 Å². The normalized spacial score (nSPS) is 25.4. The molecule has 2 N–H and O–H groups in total. The summed E-state index contributed by atoms with van der Waals surface area (Å²) in [6.45, 7) is 1.12. The van der Waals surface area contributed by atoms with Crippen molar-refractivity contribution in [1.29, 1.82) is 0 Å². The van der Waals surface area contributed by atoms with E-state index in [1.807, 2.05) is 0 Å². The maximum atomic E-state index is 4.43. The van der Waals surface area contributed by atoms with E-state index in [4.69, 9.17) is 0 Å². The lowest BCUT2D eigenvalue weighted by molar-refractivity contribution is 0.135. The Hall–Kier alpha value is -1.20. The van der Waals surface area contributed by atoms with Crippen LogP contribution in [-0.2, 0) is 0 Å². The van der Waals surface area contributed by atoms with E-state index < -0.39 is 0 Å².